The van der Waals surface area contributed by atoms with E-state index >= 15 is 0 Å². The van der Waals surface area contributed by atoms with Crippen LogP contribution in [0.15, 0.2) is 30.5 Å². The second kappa shape index (κ2) is 8.08. The topological polar surface area (TPSA) is 48.5 Å². The summed E-state index contributed by atoms with van der Waals surface area (Å²) >= 11 is 0. The molecule has 2 aliphatic rings. The van der Waals surface area contributed by atoms with Gasteiger partial charge in [-0.1, -0.05) is 19.9 Å². The van der Waals surface area contributed by atoms with Crippen molar-refractivity contribution in [1.82, 2.24) is 15.2 Å². The van der Waals surface area contributed by atoms with Gasteiger partial charge in [0.1, 0.15) is 5.82 Å². The fraction of sp³-hybridized carbons (Fsp3) is 0.500. The molecular formula is C24H31FN4O. The second-order valence-electron chi connectivity index (χ2n) is 9.41. The Hall–Kier alpha value is -2.31. The summed E-state index contributed by atoms with van der Waals surface area (Å²) in [6.45, 7) is 12.1. The first-order valence-electron chi connectivity index (χ1n) is 10.7. The maximum absolute atomic E-state index is 13.4. The van der Waals surface area contributed by atoms with Crippen LogP contribution in [0.3, 0.4) is 0 Å². The molecule has 1 aromatic heterocycles. The minimum atomic E-state index is -0.218. The predicted molar refractivity (Wildman–Crippen MR) is 117 cm³/mol. The lowest BCUT2D eigenvalue weighted by Crippen LogP contribution is -2.52. The second-order valence-corrected chi connectivity index (χ2v) is 9.41. The molecule has 0 radical (unpaired) electrons. The molecular weight excluding hydrogens is 379 g/mol. The van der Waals surface area contributed by atoms with E-state index in [4.69, 9.17) is 4.98 Å². The molecule has 0 saturated carbocycles. The van der Waals surface area contributed by atoms with Crippen molar-refractivity contribution in [3.8, 4) is 0 Å². The van der Waals surface area contributed by atoms with Crippen LogP contribution >= 0.6 is 0 Å². The van der Waals surface area contributed by atoms with Crippen molar-refractivity contribution in [2.45, 2.75) is 45.6 Å². The van der Waals surface area contributed by atoms with Crippen LogP contribution in [0, 0.1) is 12.7 Å². The Morgan fingerprint density at radius 2 is 2.13 bits per heavy atom. The summed E-state index contributed by atoms with van der Waals surface area (Å²) in [5, 5.41) is 3.42. The number of anilines is 1. The fourth-order valence-electron chi connectivity index (χ4n) is 4.61. The number of piperazine rings is 1. The van der Waals surface area contributed by atoms with Crippen LogP contribution in [0.2, 0.25) is 0 Å². The van der Waals surface area contributed by atoms with Crippen molar-refractivity contribution < 1.29 is 9.18 Å². The van der Waals surface area contributed by atoms with Crippen molar-refractivity contribution in [3.05, 3.63) is 58.7 Å². The molecule has 0 unspecified atom stereocenters. The highest BCUT2D eigenvalue weighted by Gasteiger charge is 2.40. The molecule has 1 N–H and O–H groups in total. The smallest absolute Gasteiger partial charge is 0.241 e. The van der Waals surface area contributed by atoms with E-state index in [2.05, 4.69) is 37.1 Å². The van der Waals surface area contributed by atoms with Crippen LogP contribution in [0.4, 0.5) is 10.1 Å². The Balaban J connectivity index is 1.57. The largest absolute Gasteiger partial charge is 0.312 e. The molecule has 1 fully saturated rings. The molecule has 1 saturated heterocycles. The number of nitrogens with one attached hydrogen (secondary N) is 1. The number of carbonyl (C=O) groups is 1. The number of halogens is 1. The molecule has 4 rings (SSSR count). The van der Waals surface area contributed by atoms with Crippen molar-refractivity contribution in [3.63, 3.8) is 0 Å². The standard InChI is InChI=1S/C24H31FN4O/c1-16-9-20(25)6-5-19(16)10-18-11-21-23(27-12-18)24(3,4)15-29(21)22(30)14-28-8-7-26-17(2)13-28/h5-6,9,11-12,17,26H,7-8,10,13-15H2,1-4H3/t17-/m1/s1. The predicted octanol–water partition coefficient (Wildman–Crippen LogP) is 3.04. The fourth-order valence-corrected chi connectivity index (χ4v) is 4.61. The molecule has 3 heterocycles. The first-order chi connectivity index (χ1) is 14.2. The molecule has 1 aromatic carbocycles. The first-order valence-corrected chi connectivity index (χ1v) is 10.7. The third-order valence-corrected chi connectivity index (χ3v) is 6.22. The van der Waals surface area contributed by atoms with Gasteiger partial charge in [0.15, 0.2) is 0 Å². The van der Waals surface area contributed by atoms with Gasteiger partial charge >= 0.3 is 0 Å². The normalized spacial score (nSPS) is 21.0. The van der Waals surface area contributed by atoms with Crippen molar-refractivity contribution in [2.75, 3.05) is 37.6 Å². The maximum Gasteiger partial charge on any atom is 0.241 e. The summed E-state index contributed by atoms with van der Waals surface area (Å²) in [5.74, 6) is -0.0862. The average Bonchev–Trinajstić information content (AvgIpc) is 2.95. The highest BCUT2D eigenvalue weighted by atomic mass is 19.1. The lowest BCUT2D eigenvalue weighted by atomic mass is 9.91. The third kappa shape index (κ3) is 4.25. The van der Waals surface area contributed by atoms with Gasteiger partial charge in [-0.15, -0.1) is 0 Å². The number of carbonyl (C=O) groups excluding carboxylic acids is 1. The minimum absolute atomic E-state index is 0.132. The van der Waals surface area contributed by atoms with E-state index in [0.29, 0.717) is 25.6 Å². The highest BCUT2D eigenvalue weighted by molar-refractivity contribution is 5.97. The molecule has 6 heteroatoms. The van der Waals surface area contributed by atoms with Crippen LogP contribution in [-0.2, 0) is 16.6 Å². The molecule has 5 nitrogen and oxygen atoms in total. The number of hydrogen-bond acceptors (Lipinski definition) is 4. The van der Waals surface area contributed by atoms with Gasteiger partial charge in [0.25, 0.3) is 0 Å². The van der Waals surface area contributed by atoms with E-state index in [1.165, 1.54) is 6.07 Å². The van der Waals surface area contributed by atoms with E-state index in [-0.39, 0.29) is 17.1 Å². The van der Waals surface area contributed by atoms with Crippen LogP contribution in [0.5, 0.6) is 0 Å². The van der Waals surface area contributed by atoms with Gasteiger partial charge in [0, 0.05) is 43.8 Å². The number of rotatable bonds is 4. The lowest BCUT2D eigenvalue weighted by molar-refractivity contribution is -0.120. The van der Waals surface area contributed by atoms with E-state index in [1.54, 1.807) is 6.07 Å². The van der Waals surface area contributed by atoms with Crippen molar-refractivity contribution >= 4 is 11.6 Å². The van der Waals surface area contributed by atoms with Gasteiger partial charge in [-0.05, 0) is 55.2 Å². The quantitative estimate of drug-likeness (QED) is 0.842. The van der Waals surface area contributed by atoms with Gasteiger partial charge in [-0.25, -0.2) is 4.39 Å². The Kier molecular flexibility index (Phi) is 5.64. The van der Waals surface area contributed by atoms with E-state index in [1.807, 2.05) is 24.1 Å². The van der Waals surface area contributed by atoms with Crippen molar-refractivity contribution in [1.29, 1.82) is 0 Å². The van der Waals surface area contributed by atoms with Crippen LogP contribution in [0.25, 0.3) is 0 Å². The molecule has 1 atom stereocenters. The zero-order valence-corrected chi connectivity index (χ0v) is 18.3. The first kappa shape index (κ1) is 20.9. The number of pyridine rings is 1. The number of hydrogen-bond donors (Lipinski definition) is 1. The molecule has 0 bridgehead atoms. The van der Waals surface area contributed by atoms with Gasteiger partial charge in [-0.2, -0.15) is 0 Å². The summed E-state index contributed by atoms with van der Waals surface area (Å²) < 4.78 is 13.4. The SMILES string of the molecule is Cc1cc(F)ccc1Cc1cnc2c(c1)N(C(=O)CN1CCN[C@H](C)C1)CC2(C)C. The number of amides is 1. The minimum Gasteiger partial charge on any atom is -0.312 e. The van der Waals surface area contributed by atoms with Crippen LogP contribution < -0.4 is 10.2 Å². The number of fused-ring (bicyclic) bond motifs is 1. The monoisotopic (exact) mass is 410 g/mol. The van der Waals surface area contributed by atoms with Crippen molar-refractivity contribution in [2.24, 2.45) is 0 Å². The highest BCUT2D eigenvalue weighted by Crippen LogP contribution is 2.39. The lowest BCUT2D eigenvalue weighted by Gasteiger charge is -2.32. The Bertz CT molecular complexity index is 958. The number of benzene rings is 1. The van der Waals surface area contributed by atoms with Crippen LogP contribution in [0.1, 0.15) is 43.2 Å². The summed E-state index contributed by atoms with van der Waals surface area (Å²) in [7, 11) is 0. The zero-order chi connectivity index (χ0) is 21.5. The average molecular weight is 411 g/mol. The summed E-state index contributed by atoms with van der Waals surface area (Å²) in [6.07, 6.45) is 2.57. The van der Waals surface area contributed by atoms with Gasteiger partial charge in [0.05, 0.1) is 17.9 Å². The molecule has 0 spiro atoms. The number of aryl methyl sites for hydroxylation is 1. The van der Waals surface area contributed by atoms with E-state index in [9.17, 15) is 9.18 Å². The molecule has 2 aromatic rings. The van der Waals surface area contributed by atoms with Gasteiger partial charge < -0.3 is 10.2 Å². The third-order valence-electron chi connectivity index (χ3n) is 6.22. The summed E-state index contributed by atoms with van der Waals surface area (Å²) in [4.78, 5) is 22.1. The summed E-state index contributed by atoms with van der Waals surface area (Å²) in [6, 6.07) is 7.38. The Morgan fingerprint density at radius 1 is 1.33 bits per heavy atom. The van der Waals surface area contributed by atoms with E-state index in [0.717, 1.165) is 47.7 Å². The number of nitrogens with zero attached hydrogens (tertiary/aromatic N) is 3. The zero-order valence-electron chi connectivity index (χ0n) is 18.3. The molecule has 0 aliphatic carbocycles. The van der Waals surface area contributed by atoms with E-state index < -0.39 is 0 Å². The molecule has 30 heavy (non-hydrogen) atoms. The molecule has 2 aliphatic heterocycles. The molecule has 160 valence electrons. The number of aromatic nitrogens is 1. The maximum atomic E-state index is 13.4. The van der Waals surface area contributed by atoms with Gasteiger partial charge in [0.2, 0.25) is 5.91 Å². The Morgan fingerprint density at radius 3 is 2.87 bits per heavy atom. The van der Waals surface area contributed by atoms with Gasteiger partial charge in [-0.3, -0.25) is 14.7 Å². The summed E-state index contributed by atoms with van der Waals surface area (Å²) in [5.41, 5.74) is 4.76. The Labute approximate surface area is 178 Å². The van der Waals surface area contributed by atoms with Crippen LogP contribution in [-0.4, -0.2) is 54.6 Å². The molecule has 1 amide bonds.